The van der Waals surface area contributed by atoms with E-state index in [1.807, 2.05) is 24.6 Å². The first-order valence-electron chi connectivity index (χ1n) is 6.53. The molecule has 6 nitrogen and oxygen atoms in total. The molecule has 0 bridgehead atoms. The molecule has 9 heteroatoms. The quantitative estimate of drug-likeness (QED) is 0.806. The number of halogens is 3. The molecule has 0 saturated heterocycles. The molecule has 22 heavy (non-hydrogen) atoms. The van der Waals surface area contributed by atoms with Crippen LogP contribution in [0.3, 0.4) is 0 Å². The summed E-state index contributed by atoms with van der Waals surface area (Å²) < 4.78 is 38.7. The summed E-state index contributed by atoms with van der Waals surface area (Å²) in [5.74, 6) is -2.98. The molecule has 1 aromatic rings. The SMILES string of the molecule is CCOC(=O)c1cc2c(n1C)CNCC2.O=C(O)C(F)(F)F. The van der Waals surface area contributed by atoms with Gasteiger partial charge in [0.1, 0.15) is 5.69 Å². The van der Waals surface area contributed by atoms with Gasteiger partial charge < -0.3 is 19.7 Å². The van der Waals surface area contributed by atoms with E-state index in [4.69, 9.17) is 14.6 Å². The lowest BCUT2D eigenvalue weighted by molar-refractivity contribution is -0.192. The van der Waals surface area contributed by atoms with Crippen LogP contribution in [-0.2, 0) is 29.5 Å². The molecule has 0 fully saturated rings. The molecule has 0 amide bonds. The van der Waals surface area contributed by atoms with Gasteiger partial charge in [0.25, 0.3) is 0 Å². The van der Waals surface area contributed by atoms with Crippen LogP contribution >= 0.6 is 0 Å². The third kappa shape index (κ3) is 4.48. The Hall–Kier alpha value is -2.03. The summed E-state index contributed by atoms with van der Waals surface area (Å²) in [5.41, 5.74) is 3.12. The van der Waals surface area contributed by atoms with E-state index in [0.717, 1.165) is 19.5 Å². The van der Waals surface area contributed by atoms with Crippen molar-refractivity contribution in [1.82, 2.24) is 9.88 Å². The summed E-state index contributed by atoms with van der Waals surface area (Å²) in [5, 5.41) is 10.4. The van der Waals surface area contributed by atoms with Crippen LogP contribution in [0, 0.1) is 0 Å². The summed E-state index contributed by atoms with van der Waals surface area (Å²) in [6.07, 6.45) is -4.09. The minimum absolute atomic E-state index is 0.227. The second kappa shape index (κ2) is 7.30. The minimum atomic E-state index is -5.08. The van der Waals surface area contributed by atoms with Gasteiger partial charge in [-0.25, -0.2) is 9.59 Å². The molecule has 0 aliphatic carbocycles. The number of ether oxygens (including phenoxy) is 1. The van der Waals surface area contributed by atoms with Crippen LogP contribution in [0.1, 0.15) is 28.7 Å². The maximum Gasteiger partial charge on any atom is 0.490 e. The zero-order valence-electron chi connectivity index (χ0n) is 12.2. The van der Waals surface area contributed by atoms with E-state index in [1.54, 1.807) is 0 Å². The van der Waals surface area contributed by atoms with Gasteiger partial charge in [0, 0.05) is 19.3 Å². The van der Waals surface area contributed by atoms with Crippen LogP contribution in [-0.4, -0.2) is 40.9 Å². The first-order chi connectivity index (χ1) is 10.2. The molecule has 1 aromatic heterocycles. The van der Waals surface area contributed by atoms with Crippen LogP contribution < -0.4 is 5.32 Å². The normalized spacial score (nSPS) is 13.7. The van der Waals surface area contributed by atoms with Crippen molar-refractivity contribution < 1.29 is 32.6 Å². The number of fused-ring (bicyclic) bond motifs is 1. The highest BCUT2D eigenvalue weighted by Gasteiger charge is 2.38. The molecule has 2 N–H and O–H groups in total. The molecule has 0 aromatic carbocycles. The first kappa shape index (κ1) is 18.0. The number of hydrogen-bond acceptors (Lipinski definition) is 4. The molecule has 2 rings (SSSR count). The summed E-state index contributed by atoms with van der Waals surface area (Å²) >= 11 is 0. The fourth-order valence-electron chi connectivity index (χ4n) is 1.99. The first-order valence-corrected chi connectivity index (χ1v) is 6.53. The number of carbonyl (C=O) groups is 2. The number of rotatable bonds is 2. The van der Waals surface area contributed by atoms with E-state index >= 15 is 0 Å². The van der Waals surface area contributed by atoms with Gasteiger partial charge in [-0.15, -0.1) is 0 Å². The van der Waals surface area contributed by atoms with E-state index in [1.165, 1.54) is 11.3 Å². The topological polar surface area (TPSA) is 80.6 Å². The number of carbonyl (C=O) groups excluding carboxylic acids is 1. The average molecular weight is 322 g/mol. The zero-order chi connectivity index (χ0) is 16.9. The minimum Gasteiger partial charge on any atom is -0.475 e. The van der Waals surface area contributed by atoms with Crippen molar-refractivity contribution in [3.63, 3.8) is 0 Å². The van der Waals surface area contributed by atoms with E-state index in [2.05, 4.69) is 5.32 Å². The summed E-state index contributed by atoms with van der Waals surface area (Å²) in [6.45, 7) is 4.07. The molecule has 0 radical (unpaired) electrons. The maximum absolute atomic E-state index is 11.6. The fraction of sp³-hybridized carbons (Fsp3) is 0.538. The second-order valence-electron chi connectivity index (χ2n) is 4.51. The van der Waals surface area contributed by atoms with Crippen LogP contribution in [0.25, 0.3) is 0 Å². The number of aromatic nitrogens is 1. The Bertz CT molecular complexity index is 552. The average Bonchev–Trinajstić information content (AvgIpc) is 2.77. The van der Waals surface area contributed by atoms with Gasteiger partial charge in [0.05, 0.1) is 6.61 Å². The lowest BCUT2D eigenvalue weighted by Crippen LogP contribution is -2.24. The van der Waals surface area contributed by atoms with Crippen molar-refractivity contribution in [2.24, 2.45) is 7.05 Å². The third-order valence-corrected chi connectivity index (χ3v) is 3.04. The number of alkyl halides is 3. The largest absolute Gasteiger partial charge is 0.490 e. The Kier molecular flexibility index (Phi) is 5.98. The van der Waals surface area contributed by atoms with Gasteiger partial charge in [-0.05, 0) is 31.5 Å². The molecular weight excluding hydrogens is 305 g/mol. The highest BCUT2D eigenvalue weighted by molar-refractivity contribution is 5.88. The second-order valence-corrected chi connectivity index (χ2v) is 4.51. The number of carboxylic acid groups (broad SMARTS) is 1. The highest BCUT2D eigenvalue weighted by Crippen LogP contribution is 2.19. The Morgan fingerprint density at radius 3 is 2.50 bits per heavy atom. The standard InChI is InChI=1S/C11H16N2O2.C2HF3O2/c1-3-15-11(14)9-6-8-4-5-12-7-10(8)13(9)2;3-2(4,5)1(6)7/h6,12H,3-5,7H2,1-2H3;(H,6,7). The van der Waals surface area contributed by atoms with Crippen molar-refractivity contribution in [2.75, 3.05) is 13.2 Å². The van der Waals surface area contributed by atoms with Crippen LogP contribution in [0.15, 0.2) is 6.07 Å². The number of hydrogen-bond donors (Lipinski definition) is 2. The smallest absolute Gasteiger partial charge is 0.475 e. The monoisotopic (exact) mass is 322 g/mol. The Balaban J connectivity index is 0.000000295. The van der Waals surface area contributed by atoms with E-state index in [9.17, 15) is 18.0 Å². The Morgan fingerprint density at radius 2 is 2.05 bits per heavy atom. The lowest BCUT2D eigenvalue weighted by Gasteiger charge is -2.14. The molecule has 2 heterocycles. The predicted octanol–water partition coefficient (Wildman–Crippen LogP) is 1.48. The Labute approximate surface area is 124 Å². The highest BCUT2D eigenvalue weighted by atomic mass is 19.4. The molecule has 124 valence electrons. The van der Waals surface area contributed by atoms with Crippen molar-refractivity contribution in [2.45, 2.75) is 26.1 Å². The molecule has 0 unspecified atom stereocenters. The van der Waals surface area contributed by atoms with Crippen LogP contribution in [0.2, 0.25) is 0 Å². The molecule has 1 aliphatic rings. The van der Waals surface area contributed by atoms with Crippen molar-refractivity contribution in [1.29, 1.82) is 0 Å². The van der Waals surface area contributed by atoms with E-state index in [0.29, 0.717) is 12.3 Å². The summed E-state index contributed by atoms with van der Waals surface area (Å²) in [4.78, 5) is 20.5. The summed E-state index contributed by atoms with van der Waals surface area (Å²) in [6, 6.07) is 1.95. The Morgan fingerprint density at radius 1 is 1.45 bits per heavy atom. The predicted molar refractivity (Wildman–Crippen MR) is 70.5 cm³/mol. The molecule has 0 spiro atoms. The van der Waals surface area contributed by atoms with Crippen molar-refractivity contribution >= 4 is 11.9 Å². The van der Waals surface area contributed by atoms with Gasteiger partial charge in [0.2, 0.25) is 0 Å². The summed E-state index contributed by atoms with van der Waals surface area (Å²) in [7, 11) is 1.91. The van der Waals surface area contributed by atoms with Crippen molar-refractivity contribution in [3.05, 3.63) is 23.0 Å². The maximum atomic E-state index is 11.6. The third-order valence-electron chi connectivity index (χ3n) is 3.04. The van der Waals surface area contributed by atoms with Crippen LogP contribution in [0.4, 0.5) is 13.2 Å². The van der Waals surface area contributed by atoms with Crippen LogP contribution in [0.5, 0.6) is 0 Å². The molecular formula is C13H17F3N2O4. The van der Waals surface area contributed by atoms with Gasteiger partial charge >= 0.3 is 18.1 Å². The number of aliphatic carboxylic acids is 1. The van der Waals surface area contributed by atoms with Gasteiger partial charge in [-0.1, -0.05) is 0 Å². The van der Waals surface area contributed by atoms with Gasteiger partial charge in [-0.2, -0.15) is 13.2 Å². The van der Waals surface area contributed by atoms with E-state index < -0.39 is 12.1 Å². The van der Waals surface area contributed by atoms with Gasteiger partial charge in [-0.3, -0.25) is 0 Å². The number of carboxylic acids is 1. The number of nitrogens with one attached hydrogen (secondary N) is 1. The molecule has 1 aliphatic heterocycles. The fourth-order valence-corrected chi connectivity index (χ4v) is 1.99. The number of esters is 1. The number of nitrogens with zero attached hydrogens (tertiary/aromatic N) is 1. The van der Waals surface area contributed by atoms with Crippen molar-refractivity contribution in [3.8, 4) is 0 Å². The zero-order valence-corrected chi connectivity index (χ0v) is 12.2. The molecule has 0 atom stereocenters. The van der Waals surface area contributed by atoms with E-state index in [-0.39, 0.29) is 5.97 Å². The van der Waals surface area contributed by atoms with Gasteiger partial charge in [0.15, 0.2) is 0 Å². The molecule has 0 saturated carbocycles. The lowest BCUT2D eigenvalue weighted by atomic mass is 10.1.